The minimum absolute atomic E-state index is 0.246. The summed E-state index contributed by atoms with van der Waals surface area (Å²) in [5.41, 5.74) is 1.77. The number of carboxylic acids is 1. The second kappa shape index (κ2) is 6.26. The van der Waals surface area contributed by atoms with Gasteiger partial charge in [-0.1, -0.05) is 12.1 Å². The Labute approximate surface area is 134 Å². The fraction of sp³-hybridized carbons (Fsp3) is 0.294. The third-order valence-corrected chi connectivity index (χ3v) is 4.17. The van der Waals surface area contributed by atoms with Crippen molar-refractivity contribution in [3.63, 3.8) is 0 Å². The van der Waals surface area contributed by atoms with Crippen LogP contribution in [-0.4, -0.2) is 54.2 Å². The Balaban J connectivity index is 1.89. The molecule has 3 rings (SSSR count). The number of carbonyl (C=O) groups is 1. The second-order valence-electron chi connectivity index (χ2n) is 5.76. The molecule has 0 unspecified atom stereocenters. The number of carboxylic acid groups (broad SMARTS) is 1. The van der Waals surface area contributed by atoms with Crippen molar-refractivity contribution in [2.45, 2.75) is 0 Å². The van der Waals surface area contributed by atoms with Crippen LogP contribution >= 0.6 is 0 Å². The van der Waals surface area contributed by atoms with Crippen molar-refractivity contribution in [2.75, 3.05) is 38.1 Å². The first-order valence-electron chi connectivity index (χ1n) is 7.55. The summed E-state index contributed by atoms with van der Waals surface area (Å²) in [5.74, 6) is -1.22. The maximum Gasteiger partial charge on any atom is 0.341 e. The smallest absolute Gasteiger partial charge is 0.341 e. The van der Waals surface area contributed by atoms with Gasteiger partial charge in [-0.3, -0.25) is 4.79 Å². The van der Waals surface area contributed by atoms with Crippen LogP contribution in [0, 0.1) is 0 Å². The van der Waals surface area contributed by atoms with Gasteiger partial charge in [-0.05, 0) is 31.3 Å². The van der Waals surface area contributed by atoms with Crippen molar-refractivity contribution in [3.8, 4) is 11.3 Å². The highest BCUT2D eigenvalue weighted by molar-refractivity contribution is 5.87. The summed E-state index contributed by atoms with van der Waals surface area (Å²) in [6, 6.07) is 10.9. The second-order valence-corrected chi connectivity index (χ2v) is 5.76. The molecule has 1 aliphatic rings. The van der Waals surface area contributed by atoms with Gasteiger partial charge in [0.05, 0.1) is 0 Å². The highest BCUT2D eigenvalue weighted by atomic mass is 16.4. The zero-order chi connectivity index (χ0) is 16.4. The van der Waals surface area contributed by atoms with E-state index in [1.54, 1.807) is 6.07 Å². The topological polar surface area (TPSA) is 76.6 Å². The zero-order valence-corrected chi connectivity index (χ0v) is 13.0. The molecule has 0 amide bonds. The standard InChI is InChI=1S/C17H19N3O3/c1-19-7-9-20(10-8-19)13-4-2-3-12(11-13)15-6-5-14(17(22)23)16(21)18-15/h2-6,11H,7-10H2,1H3,(H,18,21)(H,22,23). The molecule has 23 heavy (non-hydrogen) atoms. The Morgan fingerprint density at radius 2 is 1.87 bits per heavy atom. The molecular weight excluding hydrogens is 294 g/mol. The number of aromatic amines is 1. The van der Waals surface area contributed by atoms with Crippen molar-refractivity contribution < 1.29 is 9.90 Å². The van der Waals surface area contributed by atoms with Gasteiger partial charge in [0.25, 0.3) is 5.56 Å². The van der Waals surface area contributed by atoms with Crippen LogP contribution < -0.4 is 10.5 Å². The van der Waals surface area contributed by atoms with E-state index in [0.29, 0.717) is 5.69 Å². The number of hydrogen-bond donors (Lipinski definition) is 2. The predicted octanol–water partition coefficient (Wildman–Crippen LogP) is 1.49. The van der Waals surface area contributed by atoms with Crippen LogP contribution in [0.4, 0.5) is 5.69 Å². The Hall–Kier alpha value is -2.60. The van der Waals surface area contributed by atoms with E-state index in [2.05, 4.69) is 27.9 Å². The van der Waals surface area contributed by atoms with E-state index in [-0.39, 0.29) is 5.56 Å². The molecule has 0 aliphatic carbocycles. The number of piperazine rings is 1. The number of aromatic nitrogens is 1. The Kier molecular flexibility index (Phi) is 4.16. The van der Waals surface area contributed by atoms with Crippen LogP contribution in [-0.2, 0) is 0 Å². The minimum Gasteiger partial charge on any atom is -0.477 e. The lowest BCUT2D eigenvalue weighted by atomic mass is 10.1. The van der Waals surface area contributed by atoms with E-state index in [0.717, 1.165) is 37.4 Å². The fourth-order valence-electron chi connectivity index (χ4n) is 2.75. The molecule has 1 aromatic carbocycles. The van der Waals surface area contributed by atoms with Crippen LogP contribution in [0.15, 0.2) is 41.2 Å². The third kappa shape index (κ3) is 3.27. The Morgan fingerprint density at radius 1 is 1.13 bits per heavy atom. The number of rotatable bonds is 3. The summed E-state index contributed by atoms with van der Waals surface area (Å²) in [6.45, 7) is 3.98. The molecular formula is C17H19N3O3. The first-order chi connectivity index (χ1) is 11.0. The molecule has 0 radical (unpaired) electrons. The summed E-state index contributed by atoms with van der Waals surface area (Å²) in [4.78, 5) is 30.0. The van der Waals surface area contributed by atoms with Gasteiger partial charge < -0.3 is 19.9 Å². The van der Waals surface area contributed by atoms with Crippen LogP contribution in [0.1, 0.15) is 10.4 Å². The van der Waals surface area contributed by atoms with Gasteiger partial charge >= 0.3 is 5.97 Å². The number of aromatic carboxylic acids is 1. The molecule has 1 aliphatic heterocycles. The highest BCUT2D eigenvalue weighted by Gasteiger charge is 2.15. The van der Waals surface area contributed by atoms with Crippen LogP contribution in [0.25, 0.3) is 11.3 Å². The molecule has 2 N–H and O–H groups in total. The summed E-state index contributed by atoms with van der Waals surface area (Å²) in [5, 5.41) is 8.93. The van der Waals surface area contributed by atoms with Gasteiger partial charge in [-0.2, -0.15) is 0 Å². The molecule has 1 saturated heterocycles. The van der Waals surface area contributed by atoms with E-state index < -0.39 is 11.5 Å². The van der Waals surface area contributed by atoms with Crippen molar-refractivity contribution in [1.29, 1.82) is 0 Å². The maximum atomic E-state index is 11.8. The van der Waals surface area contributed by atoms with E-state index in [1.165, 1.54) is 6.07 Å². The molecule has 0 saturated carbocycles. The predicted molar refractivity (Wildman–Crippen MR) is 89.2 cm³/mol. The molecule has 2 heterocycles. The minimum atomic E-state index is -1.22. The number of pyridine rings is 1. The summed E-state index contributed by atoms with van der Waals surface area (Å²) >= 11 is 0. The van der Waals surface area contributed by atoms with Gasteiger partial charge in [0.1, 0.15) is 5.56 Å². The monoisotopic (exact) mass is 313 g/mol. The first kappa shape index (κ1) is 15.3. The molecule has 6 nitrogen and oxygen atoms in total. The summed E-state index contributed by atoms with van der Waals surface area (Å²) < 4.78 is 0. The lowest BCUT2D eigenvalue weighted by molar-refractivity contribution is 0.0695. The number of likely N-dealkylation sites (N-methyl/N-ethyl adjacent to an activating group) is 1. The van der Waals surface area contributed by atoms with E-state index >= 15 is 0 Å². The van der Waals surface area contributed by atoms with Gasteiger partial charge in [0, 0.05) is 43.1 Å². The lowest BCUT2D eigenvalue weighted by Crippen LogP contribution is -2.44. The van der Waals surface area contributed by atoms with Gasteiger partial charge in [0.2, 0.25) is 0 Å². The fourth-order valence-corrected chi connectivity index (χ4v) is 2.75. The SMILES string of the molecule is CN1CCN(c2cccc(-c3ccc(C(=O)O)c(=O)[nH]3)c2)CC1. The molecule has 1 fully saturated rings. The summed E-state index contributed by atoms with van der Waals surface area (Å²) in [6.07, 6.45) is 0. The number of anilines is 1. The zero-order valence-electron chi connectivity index (χ0n) is 13.0. The van der Waals surface area contributed by atoms with Crippen molar-refractivity contribution in [2.24, 2.45) is 0 Å². The molecule has 6 heteroatoms. The Bertz CT molecular complexity index is 777. The van der Waals surface area contributed by atoms with Crippen molar-refractivity contribution in [3.05, 3.63) is 52.3 Å². The lowest BCUT2D eigenvalue weighted by Gasteiger charge is -2.34. The quantitative estimate of drug-likeness (QED) is 0.898. The van der Waals surface area contributed by atoms with Crippen LogP contribution in [0.2, 0.25) is 0 Å². The maximum absolute atomic E-state index is 11.8. The van der Waals surface area contributed by atoms with Crippen LogP contribution in [0.5, 0.6) is 0 Å². The average molecular weight is 313 g/mol. The number of hydrogen-bond acceptors (Lipinski definition) is 4. The number of nitrogens with zero attached hydrogens (tertiary/aromatic N) is 2. The van der Waals surface area contributed by atoms with E-state index in [1.807, 2.05) is 18.2 Å². The van der Waals surface area contributed by atoms with Crippen molar-refractivity contribution in [1.82, 2.24) is 9.88 Å². The molecule has 2 aromatic rings. The molecule has 0 atom stereocenters. The number of H-pyrrole nitrogens is 1. The van der Waals surface area contributed by atoms with E-state index in [4.69, 9.17) is 5.11 Å². The van der Waals surface area contributed by atoms with Crippen molar-refractivity contribution >= 4 is 11.7 Å². The van der Waals surface area contributed by atoms with Crippen LogP contribution in [0.3, 0.4) is 0 Å². The normalized spacial score (nSPS) is 15.6. The highest BCUT2D eigenvalue weighted by Crippen LogP contribution is 2.23. The number of nitrogens with one attached hydrogen (secondary N) is 1. The Morgan fingerprint density at radius 3 is 2.52 bits per heavy atom. The molecule has 0 bridgehead atoms. The first-order valence-corrected chi connectivity index (χ1v) is 7.55. The third-order valence-electron chi connectivity index (χ3n) is 4.17. The molecule has 0 spiro atoms. The molecule has 1 aromatic heterocycles. The van der Waals surface area contributed by atoms with Gasteiger partial charge in [-0.25, -0.2) is 4.79 Å². The van der Waals surface area contributed by atoms with E-state index in [9.17, 15) is 9.59 Å². The molecule has 120 valence electrons. The average Bonchev–Trinajstić information content (AvgIpc) is 2.55. The largest absolute Gasteiger partial charge is 0.477 e. The van der Waals surface area contributed by atoms with Gasteiger partial charge in [-0.15, -0.1) is 0 Å². The number of benzene rings is 1. The summed E-state index contributed by atoms with van der Waals surface area (Å²) in [7, 11) is 2.11. The van der Waals surface area contributed by atoms with Gasteiger partial charge in [0.15, 0.2) is 0 Å².